The Morgan fingerprint density at radius 2 is 1.55 bits per heavy atom. The molecule has 2 saturated heterocycles. The Kier molecular flexibility index (Phi) is 6.64. The van der Waals surface area contributed by atoms with Gasteiger partial charge in [-0.2, -0.15) is 0 Å². The number of benzene rings is 3. The largest absolute Gasteiger partial charge is 0.487 e. The van der Waals surface area contributed by atoms with Gasteiger partial charge in [-0.1, -0.05) is 66.7 Å². The van der Waals surface area contributed by atoms with E-state index in [4.69, 9.17) is 9.72 Å². The predicted octanol–water partition coefficient (Wildman–Crippen LogP) is 5.07. The highest BCUT2D eigenvalue weighted by molar-refractivity contribution is 6.05. The standard InChI is InChI=1S/C32H31N3O3/c36-30-20-32(31(37)34-30)16-18-35(19-17-32)21-28(23-6-2-1-3-7-23)24-11-14-27(15-12-24)38-22-26-13-10-25-8-4-5-9-29(25)33-26/h1-15,28H,16-22H2,(H,34,36,37). The summed E-state index contributed by atoms with van der Waals surface area (Å²) in [5.41, 5.74) is 3.85. The van der Waals surface area contributed by atoms with Crippen molar-refractivity contribution in [2.45, 2.75) is 31.8 Å². The molecule has 6 nitrogen and oxygen atoms in total. The van der Waals surface area contributed by atoms with Crippen molar-refractivity contribution in [1.82, 2.24) is 15.2 Å². The second-order valence-corrected chi connectivity index (χ2v) is 10.5. The van der Waals surface area contributed by atoms with Gasteiger partial charge in [0.25, 0.3) is 0 Å². The molecule has 3 aromatic carbocycles. The number of carbonyl (C=O) groups is 2. The van der Waals surface area contributed by atoms with E-state index in [1.165, 1.54) is 11.1 Å². The summed E-state index contributed by atoms with van der Waals surface area (Å²) in [7, 11) is 0. The topological polar surface area (TPSA) is 71.5 Å². The molecule has 4 aromatic rings. The number of imide groups is 1. The smallest absolute Gasteiger partial charge is 0.233 e. The number of amides is 2. The van der Waals surface area contributed by atoms with Gasteiger partial charge in [-0.05, 0) is 61.3 Å². The van der Waals surface area contributed by atoms with E-state index >= 15 is 0 Å². The van der Waals surface area contributed by atoms with Gasteiger partial charge in [0.05, 0.1) is 16.6 Å². The molecule has 1 aromatic heterocycles. The van der Waals surface area contributed by atoms with E-state index in [-0.39, 0.29) is 17.7 Å². The highest BCUT2D eigenvalue weighted by Gasteiger charge is 2.48. The number of nitrogens with zero attached hydrogens (tertiary/aromatic N) is 2. The van der Waals surface area contributed by atoms with Crippen LogP contribution in [0.4, 0.5) is 0 Å². The molecular formula is C32H31N3O3. The van der Waals surface area contributed by atoms with Crippen LogP contribution in [0, 0.1) is 5.41 Å². The third-order valence-corrected chi connectivity index (χ3v) is 8.01. The predicted molar refractivity (Wildman–Crippen MR) is 147 cm³/mol. The molecule has 2 amide bonds. The number of pyridine rings is 1. The number of likely N-dealkylation sites (tertiary alicyclic amines) is 1. The van der Waals surface area contributed by atoms with Gasteiger partial charge in [0.1, 0.15) is 12.4 Å². The average molecular weight is 506 g/mol. The van der Waals surface area contributed by atoms with Crippen molar-refractivity contribution in [3.63, 3.8) is 0 Å². The Labute approximate surface area is 222 Å². The molecule has 2 aliphatic heterocycles. The van der Waals surface area contributed by atoms with Crippen molar-refractivity contribution < 1.29 is 14.3 Å². The fourth-order valence-corrected chi connectivity index (χ4v) is 5.75. The van der Waals surface area contributed by atoms with Crippen LogP contribution in [-0.2, 0) is 16.2 Å². The number of carbonyl (C=O) groups excluding carboxylic acids is 2. The number of para-hydroxylation sites is 1. The summed E-state index contributed by atoms with van der Waals surface area (Å²) >= 11 is 0. The van der Waals surface area contributed by atoms with E-state index < -0.39 is 5.41 Å². The van der Waals surface area contributed by atoms with E-state index in [1.807, 2.05) is 42.5 Å². The van der Waals surface area contributed by atoms with E-state index in [2.05, 4.69) is 58.7 Å². The van der Waals surface area contributed by atoms with E-state index in [0.29, 0.717) is 13.0 Å². The van der Waals surface area contributed by atoms with E-state index in [9.17, 15) is 9.59 Å². The zero-order valence-electron chi connectivity index (χ0n) is 21.3. The zero-order chi connectivity index (χ0) is 26.0. The lowest BCUT2D eigenvalue weighted by Crippen LogP contribution is -2.45. The molecule has 6 heteroatoms. The van der Waals surface area contributed by atoms with E-state index in [0.717, 1.165) is 54.8 Å². The highest BCUT2D eigenvalue weighted by atomic mass is 16.5. The molecule has 192 valence electrons. The minimum Gasteiger partial charge on any atom is -0.487 e. The lowest BCUT2D eigenvalue weighted by molar-refractivity contribution is -0.130. The molecular weight excluding hydrogens is 474 g/mol. The summed E-state index contributed by atoms with van der Waals surface area (Å²) in [4.78, 5) is 31.3. The molecule has 0 radical (unpaired) electrons. The maximum absolute atomic E-state index is 12.4. The first-order valence-electron chi connectivity index (χ1n) is 13.3. The van der Waals surface area contributed by atoms with Gasteiger partial charge in [0.2, 0.25) is 11.8 Å². The Morgan fingerprint density at radius 1 is 0.842 bits per heavy atom. The summed E-state index contributed by atoms with van der Waals surface area (Å²) in [5.74, 6) is 0.786. The minimum absolute atomic E-state index is 0.0868. The lowest BCUT2D eigenvalue weighted by atomic mass is 9.76. The summed E-state index contributed by atoms with van der Waals surface area (Å²) in [6.07, 6.45) is 1.78. The maximum atomic E-state index is 12.4. The third-order valence-electron chi connectivity index (χ3n) is 8.01. The number of fused-ring (bicyclic) bond motifs is 1. The number of rotatable bonds is 7. The Morgan fingerprint density at radius 3 is 2.29 bits per heavy atom. The SMILES string of the molecule is O=C1CC2(CCN(CC(c3ccccc3)c3ccc(OCc4ccc5ccccc5n4)cc3)CC2)C(=O)N1. The van der Waals surface area contributed by atoms with Crippen molar-refractivity contribution in [3.05, 3.63) is 108 Å². The second kappa shape index (κ2) is 10.4. The number of ether oxygens (including phenoxy) is 1. The maximum Gasteiger partial charge on any atom is 0.233 e. The van der Waals surface area contributed by atoms with Crippen LogP contribution in [0.15, 0.2) is 91.0 Å². The van der Waals surface area contributed by atoms with E-state index in [1.54, 1.807) is 0 Å². The monoisotopic (exact) mass is 505 g/mol. The molecule has 1 N–H and O–H groups in total. The fourth-order valence-electron chi connectivity index (χ4n) is 5.75. The molecule has 2 fully saturated rings. The molecule has 0 saturated carbocycles. The molecule has 0 bridgehead atoms. The Bertz CT molecular complexity index is 1440. The molecule has 3 heterocycles. The summed E-state index contributed by atoms with van der Waals surface area (Å²) in [6.45, 7) is 2.89. The molecule has 1 atom stereocenters. The first-order chi connectivity index (χ1) is 18.6. The van der Waals surface area contributed by atoms with Crippen molar-refractivity contribution in [3.8, 4) is 5.75 Å². The number of piperidine rings is 1. The number of hydrogen-bond acceptors (Lipinski definition) is 5. The molecule has 2 aliphatic rings. The van der Waals surface area contributed by atoms with Crippen LogP contribution in [0.1, 0.15) is 42.0 Å². The van der Waals surface area contributed by atoms with Crippen LogP contribution in [0.25, 0.3) is 10.9 Å². The van der Waals surface area contributed by atoms with Crippen LogP contribution in [0.3, 0.4) is 0 Å². The van der Waals surface area contributed by atoms with Crippen molar-refractivity contribution in [2.24, 2.45) is 5.41 Å². The Balaban J connectivity index is 1.14. The van der Waals surface area contributed by atoms with Gasteiger partial charge in [-0.25, -0.2) is 4.98 Å². The van der Waals surface area contributed by atoms with Crippen LogP contribution in [-0.4, -0.2) is 41.3 Å². The number of nitrogens with one attached hydrogen (secondary N) is 1. The van der Waals surface area contributed by atoms with Gasteiger partial charge in [-0.15, -0.1) is 0 Å². The van der Waals surface area contributed by atoms with Crippen LogP contribution in [0.2, 0.25) is 0 Å². The summed E-state index contributed by atoms with van der Waals surface area (Å²) in [6, 6.07) is 31.1. The average Bonchev–Trinajstić information content (AvgIpc) is 3.24. The number of aromatic nitrogens is 1. The lowest BCUT2D eigenvalue weighted by Gasteiger charge is -2.38. The fraction of sp³-hybridized carbons (Fsp3) is 0.281. The van der Waals surface area contributed by atoms with Gasteiger partial charge in [0.15, 0.2) is 0 Å². The molecule has 1 spiro atoms. The summed E-state index contributed by atoms with van der Waals surface area (Å²) in [5, 5.41) is 3.63. The van der Waals surface area contributed by atoms with Crippen LogP contribution in [0.5, 0.6) is 5.75 Å². The van der Waals surface area contributed by atoms with Crippen LogP contribution >= 0.6 is 0 Å². The first kappa shape index (κ1) is 24.3. The molecule has 38 heavy (non-hydrogen) atoms. The van der Waals surface area contributed by atoms with Gasteiger partial charge < -0.3 is 9.64 Å². The van der Waals surface area contributed by atoms with Gasteiger partial charge in [-0.3, -0.25) is 14.9 Å². The van der Waals surface area contributed by atoms with Gasteiger partial charge in [0, 0.05) is 24.3 Å². The third kappa shape index (κ3) is 5.04. The second-order valence-electron chi connectivity index (χ2n) is 10.5. The molecule has 1 unspecified atom stereocenters. The summed E-state index contributed by atoms with van der Waals surface area (Å²) < 4.78 is 6.07. The van der Waals surface area contributed by atoms with Crippen molar-refractivity contribution >= 4 is 22.7 Å². The molecule has 0 aliphatic carbocycles. The van der Waals surface area contributed by atoms with Crippen molar-refractivity contribution in [1.29, 1.82) is 0 Å². The van der Waals surface area contributed by atoms with Crippen LogP contribution < -0.4 is 10.1 Å². The molecule has 6 rings (SSSR count). The number of hydrogen-bond donors (Lipinski definition) is 1. The minimum atomic E-state index is -0.505. The Hall–Kier alpha value is -4.03. The first-order valence-corrected chi connectivity index (χ1v) is 13.3. The highest BCUT2D eigenvalue weighted by Crippen LogP contribution is 2.39. The van der Waals surface area contributed by atoms with Crippen molar-refractivity contribution in [2.75, 3.05) is 19.6 Å². The quantitative estimate of drug-likeness (QED) is 0.355. The zero-order valence-corrected chi connectivity index (χ0v) is 21.3. The normalized spacial score (nSPS) is 18.0. The van der Waals surface area contributed by atoms with Gasteiger partial charge >= 0.3 is 0 Å².